The summed E-state index contributed by atoms with van der Waals surface area (Å²) in [6.07, 6.45) is 0.996. The maximum absolute atomic E-state index is 5.82. The maximum Gasteiger partial charge on any atom is 0.191 e. The zero-order valence-corrected chi connectivity index (χ0v) is 16.7. The molecule has 0 bridgehead atoms. The predicted octanol–water partition coefficient (Wildman–Crippen LogP) is 3.05. The summed E-state index contributed by atoms with van der Waals surface area (Å²) in [5.74, 6) is 1.70. The molecule has 0 amide bonds. The van der Waals surface area contributed by atoms with Crippen molar-refractivity contribution in [3.05, 3.63) is 30.3 Å². The van der Waals surface area contributed by atoms with Gasteiger partial charge in [0.15, 0.2) is 5.96 Å². The summed E-state index contributed by atoms with van der Waals surface area (Å²) in [6.45, 7) is 9.92. The fourth-order valence-electron chi connectivity index (χ4n) is 1.86. The lowest BCUT2D eigenvalue weighted by atomic mass is 10.3. The van der Waals surface area contributed by atoms with Gasteiger partial charge >= 0.3 is 0 Å². The van der Waals surface area contributed by atoms with Crippen molar-refractivity contribution >= 4 is 29.9 Å². The van der Waals surface area contributed by atoms with E-state index in [4.69, 9.17) is 9.47 Å². The lowest BCUT2D eigenvalue weighted by Gasteiger charge is -2.15. The Labute approximate surface area is 157 Å². The molecule has 0 saturated heterocycles. The first-order valence-electron chi connectivity index (χ1n) is 8.07. The van der Waals surface area contributed by atoms with Gasteiger partial charge in [0.25, 0.3) is 0 Å². The number of ether oxygens (including phenoxy) is 2. The molecule has 2 N–H and O–H groups in total. The van der Waals surface area contributed by atoms with Gasteiger partial charge in [-0.1, -0.05) is 18.2 Å². The Morgan fingerprint density at radius 2 is 1.91 bits per heavy atom. The van der Waals surface area contributed by atoms with Crippen LogP contribution < -0.4 is 15.4 Å². The van der Waals surface area contributed by atoms with Crippen molar-refractivity contribution in [3.8, 4) is 5.75 Å². The highest BCUT2D eigenvalue weighted by Crippen LogP contribution is 2.10. The second-order valence-corrected chi connectivity index (χ2v) is 4.94. The van der Waals surface area contributed by atoms with Gasteiger partial charge in [-0.3, -0.25) is 0 Å². The van der Waals surface area contributed by atoms with Crippen LogP contribution in [0.3, 0.4) is 0 Å². The van der Waals surface area contributed by atoms with Crippen LogP contribution >= 0.6 is 24.0 Å². The number of nitrogens with one attached hydrogen (secondary N) is 2. The van der Waals surface area contributed by atoms with Crippen molar-refractivity contribution in [1.29, 1.82) is 0 Å². The molecule has 1 aromatic carbocycles. The van der Waals surface area contributed by atoms with Gasteiger partial charge < -0.3 is 20.1 Å². The molecule has 5 nitrogen and oxygen atoms in total. The van der Waals surface area contributed by atoms with Crippen molar-refractivity contribution in [2.24, 2.45) is 4.99 Å². The fraction of sp³-hybridized carbons (Fsp3) is 0.588. The van der Waals surface area contributed by atoms with Crippen molar-refractivity contribution in [3.63, 3.8) is 0 Å². The Morgan fingerprint density at radius 1 is 1.17 bits per heavy atom. The third-order valence-corrected chi connectivity index (χ3v) is 2.89. The van der Waals surface area contributed by atoms with Gasteiger partial charge in [0.2, 0.25) is 0 Å². The third kappa shape index (κ3) is 11.2. The monoisotopic (exact) mass is 435 g/mol. The van der Waals surface area contributed by atoms with E-state index in [2.05, 4.69) is 22.5 Å². The number of guanidine groups is 1. The van der Waals surface area contributed by atoms with Crippen LogP contribution in [0.4, 0.5) is 0 Å². The summed E-state index contributed by atoms with van der Waals surface area (Å²) in [7, 11) is 0. The normalized spacial score (nSPS) is 12.2. The summed E-state index contributed by atoms with van der Waals surface area (Å²) in [4.78, 5) is 4.56. The van der Waals surface area contributed by atoms with E-state index in [-0.39, 0.29) is 30.1 Å². The van der Waals surface area contributed by atoms with E-state index in [0.717, 1.165) is 44.4 Å². The van der Waals surface area contributed by atoms with Crippen molar-refractivity contribution in [2.45, 2.75) is 33.3 Å². The summed E-state index contributed by atoms with van der Waals surface area (Å²) < 4.78 is 11.1. The zero-order valence-electron chi connectivity index (χ0n) is 14.4. The minimum atomic E-state index is 0. The number of hydrogen-bond acceptors (Lipinski definition) is 3. The molecule has 1 aromatic rings. The number of hydrogen-bond donors (Lipinski definition) is 2. The van der Waals surface area contributed by atoms with E-state index in [1.54, 1.807) is 0 Å². The SMILES string of the molecule is CCNC(=NCC(C)Oc1ccccc1)NCCCOCC.I. The Morgan fingerprint density at radius 3 is 2.57 bits per heavy atom. The molecule has 6 heteroatoms. The molecule has 0 heterocycles. The molecule has 0 aliphatic carbocycles. The highest BCUT2D eigenvalue weighted by molar-refractivity contribution is 14.0. The largest absolute Gasteiger partial charge is 0.489 e. The van der Waals surface area contributed by atoms with E-state index in [1.165, 1.54) is 0 Å². The van der Waals surface area contributed by atoms with Gasteiger partial charge in [-0.05, 0) is 39.3 Å². The summed E-state index contributed by atoms with van der Waals surface area (Å²) in [6, 6.07) is 9.82. The average Bonchev–Trinajstić information content (AvgIpc) is 2.53. The number of aliphatic imine (C=N–C) groups is 1. The molecule has 0 aliphatic heterocycles. The average molecular weight is 435 g/mol. The number of rotatable bonds is 10. The summed E-state index contributed by atoms with van der Waals surface area (Å²) in [5, 5.41) is 6.54. The van der Waals surface area contributed by atoms with Crippen LogP contribution in [0.5, 0.6) is 5.75 Å². The van der Waals surface area contributed by atoms with Crippen LogP contribution in [0.2, 0.25) is 0 Å². The maximum atomic E-state index is 5.82. The van der Waals surface area contributed by atoms with Crippen molar-refractivity contribution in [1.82, 2.24) is 10.6 Å². The molecule has 0 aromatic heterocycles. The number of benzene rings is 1. The van der Waals surface area contributed by atoms with Crippen molar-refractivity contribution < 1.29 is 9.47 Å². The predicted molar refractivity (Wildman–Crippen MR) is 107 cm³/mol. The molecule has 0 radical (unpaired) electrons. The lowest BCUT2D eigenvalue weighted by Crippen LogP contribution is -2.38. The number of nitrogens with zero attached hydrogens (tertiary/aromatic N) is 1. The van der Waals surface area contributed by atoms with Gasteiger partial charge in [-0.25, -0.2) is 4.99 Å². The third-order valence-electron chi connectivity index (χ3n) is 2.89. The standard InChI is InChI=1S/C17H29N3O2.HI/c1-4-18-17(19-12-9-13-21-5-2)20-14-15(3)22-16-10-7-6-8-11-16;/h6-8,10-11,15H,4-5,9,12-14H2,1-3H3,(H2,18,19,20);1H. The first-order chi connectivity index (χ1) is 10.8. The molecular weight excluding hydrogens is 405 g/mol. The van der Waals surface area contributed by atoms with Gasteiger partial charge in [-0.15, -0.1) is 24.0 Å². The van der Waals surface area contributed by atoms with Crippen LogP contribution in [0, 0.1) is 0 Å². The van der Waals surface area contributed by atoms with Crippen LogP contribution in [0.1, 0.15) is 27.2 Å². The van der Waals surface area contributed by atoms with Gasteiger partial charge in [0, 0.05) is 26.3 Å². The van der Waals surface area contributed by atoms with Crippen LogP contribution in [-0.4, -0.2) is 44.9 Å². The molecule has 0 spiro atoms. The Balaban J connectivity index is 0.00000484. The summed E-state index contributed by atoms with van der Waals surface area (Å²) in [5.41, 5.74) is 0. The highest BCUT2D eigenvalue weighted by Gasteiger charge is 2.04. The Kier molecular flexibility index (Phi) is 13.9. The van der Waals surface area contributed by atoms with E-state index in [0.29, 0.717) is 6.54 Å². The second-order valence-electron chi connectivity index (χ2n) is 4.94. The van der Waals surface area contributed by atoms with Crippen molar-refractivity contribution in [2.75, 3.05) is 32.8 Å². The molecule has 0 saturated carbocycles. The molecule has 23 heavy (non-hydrogen) atoms. The molecule has 1 unspecified atom stereocenters. The highest BCUT2D eigenvalue weighted by atomic mass is 127. The molecule has 0 fully saturated rings. The van der Waals surface area contributed by atoms with E-state index < -0.39 is 0 Å². The quantitative estimate of drug-likeness (QED) is 0.257. The molecular formula is C17H30IN3O2. The number of halogens is 1. The van der Waals surface area contributed by atoms with E-state index >= 15 is 0 Å². The second kappa shape index (κ2) is 14.6. The molecule has 132 valence electrons. The van der Waals surface area contributed by atoms with Gasteiger partial charge in [-0.2, -0.15) is 0 Å². The fourth-order valence-corrected chi connectivity index (χ4v) is 1.86. The zero-order chi connectivity index (χ0) is 16.0. The lowest BCUT2D eigenvalue weighted by molar-refractivity contribution is 0.145. The van der Waals surface area contributed by atoms with Crippen LogP contribution in [0.15, 0.2) is 35.3 Å². The molecule has 0 aliphatic rings. The first kappa shape index (κ1) is 22.0. The van der Waals surface area contributed by atoms with Gasteiger partial charge in [0.05, 0.1) is 6.54 Å². The van der Waals surface area contributed by atoms with Crippen LogP contribution in [0.25, 0.3) is 0 Å². The first-order valence-corrected chi connectivity index (χ1v) is 8.07. The Hall–Kier alpha value is -1.02. The van der Waals surface area contributed by atoms with Gasteiger partial charge in [0.1, 0.15) is 11.9 Å². The smallest absolute Gasteiger partial charge is 0.191 e. The number of para-hydroxylation sites is 1. The molecule has 1 rings (SSSR count). The Bertz CT molecular complexity index is 416. The topological polar surface area (TPSA) is 54.9 Å². The summed E-state index contributed by atoms with van der Waals surface area (Å²) >= 11 is 0. The van der Waals surface area contributed by atoms with Crippen LogP contribution in [-0.2, 0) is 4.74 Å². The van der Waals surface area contributed by atoms with E-state index in [1.807, 2.05) is 44.2 Å². The minimum absolute atomic E-state index is 0. The minimum Gasteiger partial charge on any atom is -0.489 e. The van der Waals surface area contributed by atoms with E-state index in [9.17, 15) is 0 Å². The molecule has 1 atom stereocenters.